The van der Waals surface area contributed by atoms with E-state index in [-0.39, 0.29) is 0 Å². The Hall–Kier alpha value is -1.31. The van der Waals surface area contributed by atoms with Gasteiger partial charge in [-0.1, -0.05) is 27.2 Å². The smallest absolute Gasteiger partial charge is 0.136 e. The van der Waals surface area contributed by atoms with Crippen LogP contribution in [-0.4, -0.2) is 9.38 Å². The van der Waals surface area contributed by atoms with E-state index in [9.17, 15) is 0 Å². The van der Waals surface area contributed by atoms with Crippen molar-refractivity contribution in [3.8, 4) is 0 Å². The molecule has 2 aromatic rings. The maximum Gasteiger partial charge on any atom is 0.136 e. The highest BCUT2D eigenvalue weighted by Gasteiger charge is 2.14. The van der Waals surface area contributed by atoms with Gasteiger partial charge in [-0.15, -0.1) is 0 Å². The lowest BCUT2D eigenvalue weighted by Crippen LogP contribution is -2.03. The first-order valence-corrected chi connectivity index (χ1v) is 5.65. The van der Waals surface area contributed by atoms with Crippen molar-refractivity contribution in [1.82, 2.24) is 9.38 Å². The normalized spacial score (nSPS) is 15.4. The molecular weight excluding hydrogens is 184 g/mol. The summed E-state index contributed by atoms with van der Waals surface area (Å²) in [6.45, 7) is 6.85. The third-order valence-corrected chi connectivity index (χ3v) is 3.41. The highest BCUT2D eigenvalue weighted by molar-refractivity contribution is 5.43. The number of hydrogen-bond acceptors (Lipinski definition) is 1. The van der Waals surface area contributed by atoms with E-state index in [1.165, 1.54) is 12.0 Å². The van der Waals surface area contributed by atoms with E-state index in [2.05, 4.69) is 48.6 Å². The molecule has 0 N–H and O–H groups in total. The molecule has 2 heteroatoms. The largest absolute Gasteiger partial charge is 0.308 e. The van der Waals surface area contributed by atoms with E-state index in [1.54, 1.807) is 0 Å². The van der Waals surface area contributed by atoms with Crippen molar-refractivity contribution in [1.29, 1.82) is 0 Å². The highest BCUT2D eigenvalue weighted by Crippen LogP contribution is 2.27. The van der Waals surface area contributed by atoms with Crippen LogP contribution in [0.15, 0.2) is 30.7 Å². The van der Waals surface area contributed by atoms with Crippen LogP contribution in [0.1, 0.15) is 38.7 Å². The summed E-state index contributed by atoms with van der Waals surface area (Å²) in [7, 11) is 0. The van der Waals surface area contributed by atoms with Gasteiger partial charge in [0.1, 0.15) is 5.65 Å². The average molecular weight is 202 g/mol. The zero-order valence-corrected chi connectivity index (χ0v) is 9.64. The van der Waals surface area contributed by atoms with Gasteiger partial charge in [-0.05, 0) is 29.5 Å². The Bertz CT molecular complexity index is 411. The van der Waals surface area contributed by atoms with Gasteiger partial charge in [0.05, 0.1) is 0 Å². The molecule has 2 atom stereocenters. The quantitative estimate of drug-likeness (QED) is 0.744. The summed E-state index contributed by atoms with van der Waals surface area (Å²) < 4.78 is 2.09. The van der Waals surface area contributed by atoms with Crippen LogP contribution in [0, 0.1) is 5.92 Å². The molecule has 0 aliphatic rings. The van der Waals surface area contributed by atoms with E-state index in [0.29, 0.717) is 5.92 Å². The van der Waals surface area contributed by atoms with Crippen LogP contribution in [0.2, 0.25) is 0 Å². The monoisotopic (exact) mass is 202 g/mol. The third-order valence-electron chi connectivity index (χ3n) is 3.41. The van der Waals surface area contributed by atoms with Gasteiger partial charge in [0, 0.05) is 18.6 Å². The molecule has 0 bridgehead atoms. The molecule has 0 saturated heterocycles. The fourth-order valence-electron chi connectivity index (χ4n) is 1.89. The average Bonchev–Trinajstić information content (AvgIpc) is 2.70. The van der Waals surface area contributed by atoms with E-state index < -0.39 is 0 Å². The van der Waals surface area contributed by atoms with Gasteiger partial charge in [-0.2, -0.15) is 0 Å². The zero-order chi connectivity index (χ0) is 10.8. The minimum Gasteiger partial charge on any atom is -0.308 e. The van der Waals surface area contributed by atoms with Gasteiger partial charge in [0.2, 0.25) is 0 Å². The maximum atomic E-state index is 4.33. The lowest BCUT2D eigenvalue weighted by Gasteiger charge is -2.16. The zero-order valence-electron chi connectivity index (χ0n) is 9.64. The molecule has 2 nitrogen and oxygen atoms in total. The summed E-state index contributed by atoms with van der Waals surface area (Å²) in [5.74, 6) is 1.33. The molecule has 0 radical (unpaired) electrons. The van der Waals surface area contributed by atoms with E-state index in [0.717, 1.165) is 11.6 Å². The van der Waals surface area contributed by atoms with Crippen LogP contribution in [0.25, 0.3) is 5.65 Å². The molecule has 0 aliphatic carbocycles. The predicted octanol–water partition coefficient (Wildman–Crippen LogP) is 3.48. The Labute approximate surface area is 91.0 Å². The SMILES string of the molecule is CCC(C)C(C)c1cc2ncccn2c1. The van der Waals surface area contributed by atoms with Crippen LogP contribution >= 0.6 is 0 Å². The van der Waals surface area contributed by atoms with Gasteiger partial charge in [0.25, 0.3) is 0 Å². The first-order chi connectivity index (χ1) is 7.22. The molecule has 0 aliphatic heterocycles. The van der Waals surface area contributed by atoms with Crippen molar-refractivity contribution in [2.24, 2.45) is 5.92 Å². The van der Waals surface area contributed by atoms with E-state index >= 15 is 0 Å². The summed E-state index contributed by atoms with van der Waals surface area (Å²) in [4.78, 5) is 4.33. The van der Waals surface area contributed by atoms with Crippen molar-refractivity contribution >= 4 is 5.65 Å². The van der Waals surface area contributed by atoms with Gasteiger partial charge < -0.3 is 4.40 Å². The molecule has 2 unspecified atom stereocenters. The minimum absolute atomic E-state index is 0.608. The molecule has 2 rings (SSSR count). The van der Waals surface area contributed by atoms with Crippen molar-refractivity contribution < 1.29 is 0 Å². The molecule has 2 heterocycles. The van der Waals surface area contributed by atoms with Gasteiger partial charge >= 0.3 is 0 Å². The number of aromatic nitrogens is 2. The van der Waals surface area contributed by atoms with Crippen molar-refractivity contribution in [2.75, 3.05) is 0 Å². The number of rotatable bonds is 3. The van der Waals surface area contributed by atoms with Crippen LogP contribution < -0.4 is 0 Å². The molecule has 0 spiro atoms. The number of nitrogens with zero attached hydrogens (tertiary/aromatic N) is 2. The summed E-state index contributed by atoms with van der Waals surface area (Å²) in [5, 5.41) is 0. The van der Waals surface area contributed by atoms with E-state index in [1.807, 2.05) is 12.3 Å². The molecule has 0 fully saturated rings. The summed E-state index contributed by atoms with van der Waals surface area (Å²) >= 11 is 0. The fourth-order valence-corrected chi connectivity index (χ4v) is 1.89. The van der Waals surface area contributed by atoms with Gasteiger partial charge in [0.15, 0.2) is 0 Å². The second kappa shape index (κ2) is 4.05. The lowest BCUT2D eigenvalue weighted by atomic mass is 9.89. The van der Waals surface area contributed by atoms with Crippen LogP contribution in [0.3, 0.4) is 0 Å². The Morgan fingerprint density at radius 2 is 2.20 bits per heavy atom. The fraction of sp³-hybridized carbons (Fsp3) is 0.462. The van der Waals surface area contributed by atoms with Crippen molar-refractivity contribution in [3.63, 3.8) is 0 Å². The third kappa shape index (κ3) is 1.89. The molecule has 15 heavy (non-hydrogen) atoms. The van der Waals surface area contributed by atoms with Crippen LogP contribution in [0.4, 0.5) is 0 Å². The second-order valence-corrected chi connectivity index (χ2v) is 4.33. The lowest BCUT2D eigenvalue weighted by molar-refractivity contribution is 0.473. The maximum absolute atomic E-state index is 4.33. The molecular formula is C13H18N2. The van der Waals surface area contributed by atoms with Crippen LogP contribution in [-0.2, 0) is 0 Å². The van der Waals surface area contributed by atoms with Crippen molar-refractivity contribution in [2.45, 2.75) is 33.1 Å². The number of fused-ring (bicyclic) bond motifs is 1. The minimum atomic E-state index is 0.608. The topological polar surface area (TPSA) is 17.3 Å². The first-order valence-electron chi connectivity index (χ1n) is 5.65. The molecule has 2 aromatic heterocycles. The summed E-state index contributed by atoms with van der Waals surface area (Å²) in [6, 6.07) is 4.15. The summed E-state index contributed by atoms with van der Waals surface area (Å²) in [5.41, 5.74) is 2.44. The Kier molecular flexibility index (Phi) is 2.76. The van der Waals surface area contributed by atoms with Gasteiger partial charge in [-0.25, -0.2) is 4.98 Å². The molecule has 0 saturated carbocycles. The Morgan fingerprint density at radius 1 is 1.40 bits per heavy atom. The first kappa shape index (κ1) is 10.2. The highest BCUT2D eigenvalue weighted by atomic mass is 14.9. The van der Waals surface area contributed by atoms with E-state index in [4.69, 9.17) is 0 Å². The Balaban J connectivity index is 2.36. The van der Waals surface area contributed by atoms with Crippen molar-refractivity contribution in [3.05, 3.63) is 36.3 Å². The second-order valence-electron chi connectivity index (χ2n) is 4.33. The molecule has 80 valence electrons. The number of hydrogen-bond donors (Lipinski definition) is 0. The standard InChI is InChI=1S/C13H18N2/c1-4-10(2)11(3)12-8-13-14-6-5-7-15(13)9-12/h5-11H,4H2,1-3H3. The molecule has 0 amide bonds. The molecule has 0 aromatic carbocycles. The Morgan fingerprint density at radius 3 is 2.87 bits per heavy atom. The summed E-state index contributed by atoms with van der Waals surface area (Å²) in [6.07, 6.45) is 7.31. The van der Waals surface area contributed by atoms with Crippen LogP contribution in [0.5, 0.6) is 0 Å². The predicted molar refractivity (Wildman–Crippen MR) is 63.1 cm³/mol. The van der Waals surface area contributed by atoms with Gasteiger partial charge in [-0.3, -0.25) is 0 Å².